The van der Waals surface area contributed by atoms with E-state index in [-0.39, 0.29) is 0 Å². The van der Waals surface area contributed by atoms with Gasteiger partial charge in [-0.25, -0.2) is 0 Å². The van der Waals surface area contributed by atoms with Crippen LogP contribution in [0.2, 0.25) is 5.02 Å². The van der Waals surface area contributed by atoms with Crippen molar-refractivity contribution in [1.29, 1.82) is 0 Å². The van der Waals surface area contributed by atoms with E-state index in [1.807, 2.05) is 30.5 Å². The van der Waals surface area contributed by atoms with Crippen LogP contribution >= 0.6 is 27.5 Å². The number of hydrogen-bond donors (Lipinski definition) is 0. The Morgan fingerprint density at radius 1 is 1.33 bits per heavy atom. The van der Waals surface area contributed by atoms with Crippen LogP contribution in [-0.4, -0.2) is 11.6 Å². The Labute approximate surface area is 102 Å². The van der Waals surface area contributed by atoms with Crippen molar-refractivity contribution in [3.05, 3.63) is 45.7 Å². The van der Waals surface area contributed by atoms with E-state index >= 15 is 0 Å². The first-order valence-corrected chi connectivity index (χ1v) is 5.64. The first-order valence-electron chi connectivity index (χ1n) is 4.47. The maximum absolute atomic E-state index is 5.81. The first kappa shape index (κ1) is 10.6. The fraction of sp³-hybridized carbons (Fsp3) is 0.200. The highest BCUT2D eigenvalue weighted by molar-refractivity contribution is 9.11. The van der Waals surface area contributed by atoms with E-state index in [9.17, 15) is 0 Å². The molecule has 15 heavy (non-hydrogen) atoms. The van der Waals surface area contributed by atoms with E-state index in [0.29, 0.717) is 6.67 Å². The number of azo groups is 1. The highest BCUT2D eigenvalue weighted by atomic mass is 79.9. The second-order valence-corrected chi connectivity index (χ2v) is 4.46. The zero-order valence-corrected chi connectivity index (χ0v) is 10.2. The monoisotopic (exact) mass is 285 g/mol. The van der Waals surface area contributed by atoms with Crippen LogP contribution in [0.4, 0.5) is 0 Å². The van der Waals surface area contributed by atoms with Crippen molar-refractivity contribution >= 4 is 27.5 Å². The van der Waals surface area contributed by atoms with Crippen LogP contribution < -0.4 is 0 Å². The average molecular weight is 287 g/mol. The zero-order valence-electron chi connectivity index (χ0n) is 7.90. The van der Waals surface area contributed by atoms with Gasteiger partial charge in [-0.2, -0.15) is 5.11 Å². The summed E-state index contributed by atoms with van der Waals surface area (Å²) in [6, 6.07) is 7.80. The van der Waals surface area contributed by atoms with E-state index in [0.717, 1.165) is 16.2 Å². The molecule has 0 aromatic heterocycles. The standard InChI is InChI=1S/C10H9BrClN3/c11-10-6-15(7-13-14-10)5-8-1-3-9(12)4-2-8/h1-4,6H,5,7H2. The van der Waals surface area contributed by atoms with Crippen molar-refractivity contribution in [1.82, 2.24) is 4.90 Å². The Balaban J connectivity index is 2.03. The largest absolute Gasteiger partial charge is 0.350 e. The second kappa shape index (κ2) is 4.77. The summed E-state index contributed by atoms with van der Waals surface area (Å²) < 4.78 is 0.753. The summed E-state index contributed by atoms with van der Waals surface area (Å²) >= 11 is 9.10. The lowest BCUT2D eigenvalue weighted by atomic mass is 10.2. The molecule has 1 aromatic rings. The minimum absolute atomic E-state index is 0.595. The minimum Gasteiger partial charge on any atom is -0.350 e. The van der Waals surface area contributed by atoms with Crippen molar-refractivity contribution in [2.75, 3.05) is 6.67 Å². The molecule has 0 radical (unpaired) electrons. The van der Waals surface area contributed by atoms with Crippen LogP contribution in [0.1, 0.15) is 5.56 Å². The predicted molar refractivity (Wildman–Crippen MR) is 63.7 cm³/mol. The molecule has 0 amide bonds. The zero-order chi connectivity index (χ0) is 10.7. The van der Waals surface area contributed by atoms with Gasteiger partial charge in [0.25, 0.3) is 0 Å². The Hall–Kier alpha value is -0.870. The van der Waals surface area contributed by atoms with Gasteiger partial charge in [0.1, 0.15) is 11.3 Å². The van der Waals surface area contributed by atoms with E-state index in [4.69, 9.17) is 11.6 Å². The molecule has 0 saturated heterocycles. The molecular weight excluding hydrogens is 277 g/mol. The van der Waals surface area contributed by atoms with E-state index < -0.39 is 0 Å². The van der Waals surface area contributed by atoms with Crippen LogP contribution in [0.5, 0.6) is 0 Å². The van der Waals surface area contributed by atoms with E-state index in [1.54, 1.807) is 0 Å². The topological polar surface area (TPSA) is 28.0 Å². The predicted octanol–water partition coefficient (Wildman–Crippen LogP) is 3.76. The molecule has 1 aliphatic heterocycles. The van der Waals surface area contributed by atoms with Crippen LogP contribution in [0.25, 0.3) is 0 Å². The van der Waals surface area contributed by atoms with Gasteiger partial charge in [0.15, 0.2) is 0 Å². The molecule has 0 saturated carbocycles. The molecule has 0 aliphatic carbocycles. The maximum atomic E-state index is 5.81. The smallest absolute Gasteiger partial charge is 0.144 e. The molecule has 2 rings (SSSR count). The highest BCUT2D eigenvalue weighted by Crippen LogP contribution is 2.17. The summed E-state index contributed by atoms with van der Waals surface area (Å²) in [5.41, 5.74) is 1.20. The number of benzene rings is 1. The van der Waals surface area contributed by atoms with Gasteiger partial charge < -0.3 is 4.90 Å². The third kappa shape index (κ3) is 3.04. The highest BCUT2D eigenvalue weighted by Gasteiger charge is 2.05. The van der Waals surface area contributed by atoms with Gasteiger partial charge in [0.2, 0.25) is 0 Å². The molecule has 5 heteroatoms. The fourth-order valence-electron chi connectivity index (χ4n) is 1.32. The lowest BCUT2D eigenvalue weighted by Crippen LogP contribution is -2.18. The summed E-state index contributed by atoms with van der Waals surface area (Å²) in [4.78, 5) is 2.07. The van der Waals surface area contributed by atoms with Crippen LogP contribution in [-0.2, 0) is 6.54 Å². The Bertz CT molecular complexity index is 400. The molecule has 1 heterocycles. The SMILES string of the molecule is Clc1ccc(CN2C=C(Br)N=NC2)cc1. The van der Waals surface area contributed by atoms with E-state index in [1.165, 1.54) is 5.56 Å². The molecule has 0 spiro atoms. The number of halogens is 2. The van der Waals surface area contributed by atoms with Crippen molar-refractivity contribution in [3.8, 4) is 0 Å². The lowest BCUT2D eigenvalue weighted by molar-refractivity contribution is 0.363. The third-order valence-electron chi connectivity index (χ3n) is 2.00. The molecule has 0 unspecified atom stereocenters. The molecule has 0 N–H and O–H groups in total. The van der Waals surface area contributed by atoms with Crippen molar-refractivity contribution in [2.45, 2.75) is 6.54 Å². The van der Waals surface area contributed by atoms with Crippen LogP contribution in [0.15, 0.2) is 45.3 Å². The summed E-state index contributed by atoms with van der Waals surface area (Å²) in [5, 5.41) is 8.60. The summed E-state index contributed by atoms with van der Waals surface area (Å²) in [7, 11) is 0. The summed E-state index contributed by atoms with van der Waals surface area (Å²) in [6.07, 6.45) is 1.93. The maximum Gasteiger partial charge on any atom is 0.144 e. The van der Waals surface area contributed by atoms with Crippen LogP contribution in [0.3, 0.4) is 0 Å². The first-order chi connectivity index (χ1) is 7.24. The molecule has 0 atom stereocenters. The van der Waals surface area contributed by atoms with Gasteiger partial charge in [-0.05, 0) is 33.6 Å². The van der Waals surface area contributed by atoms with E-state index in [2.05, 4.69) is 31.1 Å². The van der Waals surface area contributed by atoms with Crippen molar-refractivity contribution in [2.24, 2.45) is 10.2 Å². The number of hydrogen-bond acceptors (Lipinski definition) is 3. The third-order valence-corrected chi connectivity index (χ3v) is 2.61. The molecule has 0 fully saturated rings. The molecular formula is C10H9BrClN3. The quantitative estimate of drug-likeness (QED) is 0.761. The Morgan fingerprint density at radius 2 is 2.07 bits per heavy atom. The number of nitrogens with zero attached hydrogens (tertiary/aromatic N) is 3. The van der Waals surface area contributed by atoms with Gasteiger partial charge in [-0.3, -0.25) is 0 Å². The van der Waals surface area contributed by atoms with Gasteiger partial charge in [-0.15, -0.1) is 5.11 Å². The normalized spacial score (nSPS) is 15.3. The molecule has 1 aliphatic rings. The molecule has 3 nitrogen and oxygen atoms in total. The second-order valence-electron chi connectivity index (χ2n) is 3.21. The van der Waals surface area contributed by atoms with Gasteiger partial charge in [-0.1, -0.05) is 23.7 Å². The van der Waals surface area contributed by atoms with Gasteiger partial charge >= 0.3 is 0 Å². The Kier molecular flexibility index (Phi) is 3.38. The molecule has 0 bridgehead atoms. The Morgan fingerprint density at radius 3 is 2.73 bits per heavy atom. The molecule has 1 aromatic carbocycles. The fourth-order valence-corrected chi connectivity index (χ4v) is 1.85. The van der Waals surface area contributed by atoms with Gasteiger partial charge in [0, 0.05) is 17.8 Å². The minimum atomic E-state index is 0.595. The summed E-state index contributed by atoms with van der Waals surface area (Å²) in [5.74, 6) is 0. The van der Waals surface area contributed by atoms with Crippen LogP contribution in [0, 0.1) is 0 Å². The average Bonchev–Trinajstić information content (AvgIpc) is 2.22. The van der Waals surface area contributed by atoms with Crippen molar-refractivity contribution in [3.63, 3.8) is 0 Å². The lowest BCUT2D eigenvalue weighted by Gasteiger charge is -2.19. The number of rotatable bonds is 2. The van der Waals surface area contributed by atoms with Crippen molar-refractivity contribution < 1.29 is 0 Å². The molecule has 78 valence electrons. The summed E-state index contributed by atoms with van der Waals surface area (Å²) in [6.45, 7) is 1.41. The van der Waals surface area contributed by atoms with Gasteiger partial charge in [0.05, 0.1) is 0 Å².